The molecule has 7 rings (SSSR count). The number of amides is 1. The summed E-state index contributed by atoms with van der Waals surface area (Å²) in [5.74, 6) is 1.17. The number of nitrogens with zero attached hydrogens (tertiary/aromatic N) is 5. The zero-order chi connectivity index (χ0) is 26.3. The van der Waals surface area contributed by atoms with E-state index in [1.165, 1.54) is 12.3 Å². The number of alkyl halides is 2. The number of halogens is 2. The minimum Gasteiger partial charge on any atom is -0.355 e. The first-order valence-electron chi connectivity index (χ1n) is 12.7. The second-order valence-corrected chi connectivity index (χ2v) is 11.7. The average Bonchev–Trinajstić information content (AvgIpc) is 3.31. The van der Waals surface area contributed by atoms with Gasteiger partial charge in [0.2, 0.25) is 5.91 Å². The molecule has 2 saturated heterocycles. The lowest BCUT2D eigenvalue weighted by molar-refractivity contribution is -0.136. The third-order valence-electron chi connectivity index (χ3n) is 9.39. The molecule has 0 aromatic carbocycles. The molecule has 7 nitrogen and oxygen atoms in total. The molecule has 2 bridgehead atoms. The van der Waals surface area contributed by atoms with Crippen molar-refractivity contribution >= 4 is 11.7 Å². The van der Waals surface area contributed by atoms with Gasteiger partial charge in [-0.25, -0.2) is 4.98 Å². The van der Waals surface area contributed by atoms with Crippen LogP contribution < -0.4 is 10.5 Å². The Hall–Kier alpha value is -3.54. The van der Waals surface area contributed by atoms with Gasteiger partial charge in [0.05, 0.1) is 5.69 Å². The van der Waals surface area contributed by atoms with E-state index in [0.717, 1.165) is 36.6 Å². The summed E-state index contributed by atoms with van der Waals surface area (Å²) in [6.07, 6.45) is 5.13. The Morgan fingerprint density at radius 1 is 1.30 bits per heavy atom. The summed E-state index contributed by atoms with van der Waals surface area (Å²) in [6.45, 7) is 7.74. The Labute approximate surface area is 214 Å². The molecule has 37 heavy (non-hydrogen) atoms. The number of pyridine rings is 2. The molecule has 192 valence electrons. The van der Waals surface area contributed by atoms with Crippen molar-refractivity contribution < 1.29 is 13.6 Å². The fourth-order valence-corrected chi connectivity index (χ4v) is 7.08. The zero-order valence-electron chi connectivity index (χ0n) is 21.0. The minimum absolute atomic E-state index is 0.0487. The van der Waals surface area contributed by atoms with Gasteiger partial charge < -0.3 is 9.80 Å². The second-order valence-electron chi connectivity index (χ2n) is 11.7. The molecule has 2 aromatic rings. The number of carbonyl (C=O) groups is 1. The van der Waals surface area contributed by atoms with E-state index in [0.29, 0.717) is 59.2 Å². The molecular weight excluding hydrogens is 476 g/mol. The fourth-order valence-electron chi connectivity index (χ4n) is 7.08. The van der Waals surface area contributed by atoms with Crippen LogP contribution in [0.25, 0.3) is 11.1 Å². The molecule has 0 N–H and O–H groups in total. The topological polar surface area (TPSA) is 82.2 Å². The molecule has 3 fully saturated rings. The molecule has 0 unspecified atom stereocenters. The van der Waals surface area contributed by atoms with Gasteiger partial charge in [-0.1, -0.05) is 20.4 Å². The molecule has 0 radical (unpaired) electrons. The Bertz CT molecular complexity index is 1430. The highest BCUT2D eigenvalue weighted by Crippen LogP contribution is 2.63. The van der Waals surface area contributed by atoms with E-state index in [-0.39, 0.29) is 22.7 Å². The summed E-state index contributed by atoms with van der Waals surface area (Å²) >= 11 is 0. The van der Waals surface area contributed by atoms with Crippen LogP contribution in [-0.2, 0) is 11.2 Å². The highest BCUT2D eigenvalue weighted by atomic mass is 19.3. The molecule has 4 heterocycles. The van der Waals surface area contributed by atoms with Crippen LogP contribution in [0, 0.1) is 28.1 Å². The lowest BCUT2D eigenvalue weighted by Gasteiger charge is -2.57. The summed E-state index contributed by atoms with van der Waals surface area (Å²) in [7, 11) is 0. The Morgan fingerprint density at radius 2 is 2.05 bits per heavy atom. The highest BCUT2D eigenvalue weighted by Gasteiger charge is 2.55. The molecular formula is C28H29F2N5O2. The zero-order valence-corrected chi connectivity index (χ0v) is 21.0. The predicted molar refractivity (Wildman–Crippen MR) is 134 cm³/mol. The van der Waals surface area contributed by atoms with Gasteiger partial charge in [-0.2, -0.15) is 14.0 Å². The summed E-state index contributed by atoms with van der Waals surface area (Å²) in [5, 5.41) is 10.4. The highest BCUT2D eigenvalue weighted by molar-refractivity contribution is 5.88. The van der Waals surface area contributed by atoms with E-state index in [4.69, 9.17) is 4.98 Å². The van der Waals surface area contributed by atoms with Crippen molar-refractivity contribution in [2.75, 3.05) is 31.1 Å². The molecule has 2 aliphatic heterocycles. The minimum atomic E-state index is -2.97. The van der Waals surface area contributed by atoms with E-state index in [1.54, 1.807) is 11.0 Å². The molecule has 1 saturated carbocycles. The molecule has 5 aliphatic rings. The third-order valence-corrected chi connectivity index (χ3v) is 9.39. The van der Waals surface area contributed by atoms with Crippen molar-refractivity contribution in [3.8, 4) is 17.2 Å². The van der Waals surface area contributed by atoms with Crippen molar-refractivity contribution in [1.29, 1.82) is 5.26 Å². The van der Waals surface area contributed by atoms with Gasteiger partial charge in [0.1, 0.15) is 17.5 Å². The van der Waals surface area contributed by atoms with Gasteiger partial charge >= 0.3 is 6.55 Å². The lowest BCUT2D eigenvalue weighted by Crippen LogP contribution is -2.59. The molecule has 2 aromatic heterocycles. The van der Waals surface area contributed by atoms with Crippen LogP contribution in [0.15, 0.2) is 35.8 Å². The number of anilines is 1. The average molecular weight is 506 g/mol. The molecule has 3 aliphatic carbocycles. The summed E-state index contributed by atoms with van der Waals surface area (Å²) in [5.41, 5.74) is 2.58. The first kappa shape index (κ1) is 23.8. The van der Waals surface area contributed by atoms with Gasteiger partial charge in [0, 0.05) is 60.9 Å². The summed E-state index contributed by atoms with van der Waals surface area (Å²) in [4.78, 5) is 33.1. The van der Waals surface area contributed by atoms with E-state index in [9.17, 15) is 23.6 Å². The number of nitriles is 1. The van der Waals surface area contributed by atoms with Crippen molar-refractivity contribution in [3.63, 3.8) is 0 Å². The summed E-state index contributed by atoms with van der Waals surface area (Å²) in [6, 6.07) is 5.04. The largest absolute Gasteiger partial charge is 0.355 e. The van der Waals surface area contributed by atoms with Gasteiger partial charge in [-0.3, -0.25) is 14.2 Å². The van der Waals surface area contributed by atoms with Crippen LogP contribution >= 0.6 is 0 Å². The number of carbonyl (C=O) groups excluding carboxylic acids is 1. The Kier molecular flexibility index (Phi) is 5.14. The fraction of sp³-hybridized carbons (Fsp3) is 0.500. The van der Waals surface area contributed by atoms with E-state index in [1.807, 2.05) is 0 Å². The monoisotopic (exact) mass is 505 g/mol. The second kappa shape index (κ2) is 7.98. The number of hydrogen-bond acceptors (Lipinski definition) is 5. The molecule has 9 heteroatoms. The van der Waals surface area contributed by atoms with Gasteiger partial charge in [0.15, 0.2) is 0 Å². The van der Waals surface area contributed by atoms with Crippen LogP contribution in [0.1, 0.15) is 56.0 Å². The normalized spacial score (nSPS) is 24.3. The number of aromatic nitrogens is 2. The van der Waals surface area contributed by atoms with E-state index < -0.39 is 12.1 Å². The Morgan fingerprint density at radius 3 is 2.70 bits per heavy atom. The van der Waals surface area contributed by atoms with Crippen LogP contribution in [0.2, 0.25) is 0 Å². The van der Waals surface area contributed by atoms with Crippen LogP contribution in [0.3, 0.4) is 0 Å². The van der Waals surface area contributed by atoms with Crippen molar-refractivity contribution in [2.45, 2.75) is 45.6 Å². The standard InChI is InChI=1S/C28H29F2N5O2/c1-4-21(36)34-14-28(15-34)7-8-33(13-28)25-19(11-31)23(16-5-6-22(37)35(12-16)26(29)30)18-9-17-10-20(24(18)32-25)27(17,2)3/h4-6,12,17,20,26H,1,7-10,13-15H2,2-3H3/t17-,20-/m0/s1. The number of hydrogen-bond donors (Lipinski definition) is 0. The van der Waals surface area contributed by atoms with Crippen molar-refractivity contribution in [3.05, 3.63) is 58.2 Å². The summed E-state index contributed by atoms with van der Waals surface area (Å²) < 4.78 is 27.7. The van der Waals surface area contributed by atoms with Crippen LogP contribution in [0.5, 0.6) is 0 Å². The maximum absolute atomic E-state index is 13.6. The van der Waals surface area contributed by atoms with Gasteiger partial charge in [0.25, 0.3) is 5.56 Å². The molecule has 2 atom stereocenters. The SMILES string of the molecule is C=CC(=O)N1CC2(CCN(c3nc4c(c(-c5ccc(=O)n(C(F)F)c5)c3C#N)C[C@H]3C[C@@H]4C3(C)C)C2)C1. The quantitative estimate of drug-likeness (QED) is 0.585. The third kappa shape index (κ3) is 3.38. The van der Waals surface area contributed by atoms with E-state index in [2.05, 4.69) is 31.4 Å². The first-order chi connectivity index (χ1) is 17.6. The maximum atomic E-state index is 13.6. The van der Waals surface area contributed by atoms with Crippen molar-refractivity contribution in [1.82, 2.24) is 14.5 Å². The van der Waals surface area contributed by atoms with Crippen molar-refractivity contribution in [2.24, 2.45) is 16.7 Å². The van der Waals surface area contributed by atoms with Gasteiger partial charge in [-0.15, -0.1) is 0 Å². The smallest absolute Gasteiger partial charge is 0.321 e. The van der Waals surface area contributed by atoms with E-state index >= 15 is 0 Å². The van der Waals surface area contributed by atoms with Gasteiger partial charge in [-0.05, 0) is 48.3 Å². The number of rotatable bonds is 4. The number of likely N-dealkylation sites (tertiary alicyclic amines) is 1. The molecule has 1 spiro atoms. The maximum Gasteiger partial charge on any atom is 0.321 e. The first-order valence-corrected chi connectivity index (χ1v) is 12.7. The van der Waals surface area contributed by atoms with Crippen LogP contribution in [0.4, 0.5) is 14.6 Å². The molecule has 1 amide bonds. The lowest BCUT2D eigenvalue weighted by atomic mass is 9.48. The predicted octanol–water partition coefficient (Wildman–Crippen LogP) is 4.09. The van der Waals surface area contributed by atoms with Crippen LogP contribution in [-0.4, -0.2) is 46.5 Å². The Balaban J connectivity index is 1.47.